The highest BCUT2D eigenvalue weighted by Gasteiger charge is 2.36. The Morgan fingerprint density at radius 1 is 1.08 bits per heavy atom. The Bertz CT molecular complexity index is 704. The number of aliphatic hydroxyl groups is 1. The average molecular weight is 523 g/mol. The SMILES string of the molecule is O=C(NC[C@H](O)CN1CCC2CC(OCC3CNCO3)CCC2C1)C1CC(NC2CCCCC2)NCN1. The van der Waals surface area contributed by atoms with Gasteiger partial charge in [-0.25, -0.2) is 0 Å². The molecular weight excluding hydrogens is 472 g/mol. The van der Waals surface area contributed by atoms with E-state index in [1.807, 2.05) is 0 Å². The van der Waals surface area contributed by atoms with E-state index in [0.717, 1.165) is 44.8 Å². The monoisotopic (exact) mass is 522 g/mol. The molecule has 0 spiro atoms. The Labute approximate surface area is 222 Å². The van der Waals surface area contributed by atoms with E-state index in [1.54, 1.807) is 0 Å². The number of likely N-dealkylation sites (tertiary alicyclic amines) is 1. The number of nitrogens with zero attached hydrogens (tertiary/aromatic N) is 1. The van der Waals surface area contributed by atoms with Crippen molar-refractivity contribution < 1.29 is 19.4 Å². The zero-order valence-electron chi connectivity index (χ0n) is 22.5. The van der Waals surface area contributed by atoms with Gasteiger partial charge in [0.05, 0.1) is 43.9 Å². The molecule has 0 bridgehead atoms. The summed E-state index contributed by atoms with van der Waals surface area (Å²) in [6, 6.07) is 0.338. The second-order valence-corrected chi connectivity index (χ2v) is 12.1. The maximum Gasteiger partial charge on any atom is 0.237 e. The summed E-state index contributed by atoms with van der Waals surface area (Å²) >= 11 is 0. The summed E-state index contributed by atoms with van der Waals surface area (Å²) in [6.07, 6.45) is 11.9. The number of piperidine rings is 1. The summed E-state index contributed by atoms with van der Waals surface area (Å²) in [4.78, 5) is 15.2. The summed E-state index contributed by atoms with van der Waals surface area (Å²) in [7, 11) is 0. The highest BCUT2D eigenvalue weighted by atomic mass is 16.5. The number of ether oxygens (including phenoxy) is 2. The third-order valence-corrected chi connectivity index (χ3v) is 9.22. The van der Waals surface area contributed by atoms with Crippen LogP contribution in [0.4, 0.5) is 0 Å². The van der Waals surface area contributed by atoms with Crippen LogP contribution in [0.1, 0.15) is 64.2 Å². The first-order chi connectivity index (χ1) is 18.1. The van der Waals surface area contributed by atoms with Crippen molar-refractivity contribution in [2.24, 2.45) is 11.8 Å². The van der Waals surface area contributed by atoms with Crippen molar-refractivity contribution in [1.82, 2.24) is 31.5 Å². The van der Waals surface area contributed by atoms with Gasteiger partial charge in [0.25, 0.3) is 0 Å². The van der Waals surface area contributed by atoms with Gasteiger partial charge >= 0.3 is 0 Å². The number of hydrogen-bond acceptors (Lipinski definition) is 9. The second kappa shape index (κ2) is 14.0. The van der Waals surface area contributed by atoms with Crippen molar-refractivity contribution in [3.05, 3.63) is 0 Å². The lowest BCUT2D eigenvalue weighted by Crippen LogP contribution is -2.62. The molecule has 3 saturated heterocycles. The number of nitrogens with one attached hydrogen (secondary N) is 5. The maximum atomic E-state index is 12.8. The molecule has 5 aliphatic rings. The van der Waals surface area contributed by atoms with Crippen molar-refractivity contribution in [2.45, 2.75) is 101 Å². The average Bonchev–Trinajstić information content (AvgIpc) is 3.45. The standard InChI is InChI=1S/C27H50N6O4/c34-22(12-29-27(35)25-11-26(31-17-30-25)32-21-4-2-1-3-5-21)15-33-9-8-19-10-23(7-6-20(19)14-33)36-16-24-13-28-18-37-24/h19-26,28,30-32,34H,1-18H2,(H,29,35)/t19?,20?,22-,23?,24?,25?,26?/m0/s1. The smallest absolute Gasteiger partial charge is 0.237 e. The molecule has 37 heavy (non-hydrogen) atoms. The summed E-state index contributed by atoms with van der Waals surface area (Å²) in [6.45, 7) is 5.85. The lowest BCUT2D eigenvalue weighted by molar-refractivity contribution is -0.124. The van der Waals surface area contributed by atoms with E-state index in [0.29, 0.717) is 51.2 Å². The third-order valence-electron chi connectivity index (χ3n) is 9.22. The van der Waals surface area contributed by atoms with Gasteiger partial charge in [-0.1, -0.05) is 19.3 Å². The molecule has 1 amide bonds. The lowest BCUT2D eigenvalue weighted by atomic mass is 9.74. The van der Waals surface area contributed by atoms with Gasteiger partial charge in [-0.3, -0.25) is 26.1 Å². The molecule has 0 aromatic carbocycles. The molecule has 10 heteroatoms. The van der Waals surface area contributed by atoms with Crippen LogP contribution in [0.15, 0.2) is 0 Å². The van der Waals surface area contributed by atoms with Crippen molar-refractivity contribution in [1.29, 1.82) is 0 Å². The Kier molecular flexibility index (Phi) is 10.5. The molecule has 0 aromatic rings. The number of hydrogen-bond donors (Lipinski definition) is 6. The molecule has 6 unspecified atom stereocenters. The van der Waals surface area contributed by atoms with Gasteiger partial charge in [-0.15, -0.1) is 0 Å². The first kappa shape index (κ1) is 27.7. The molecule has 5 rings (SSSR count). The Morgan fingerprint density at radius 3 is 2.81 bits per heavy atom. The van der Waals surface area contributed by atoms with Crippen LogP contribution < -0.4 is 26.6 Å². The van der Waals surface area contributed by atoms with E-state index in [9.17, 15) is 9.90 Å². The van der Waals surface area contributed by atoms with Gasteiger partial charge in [-0.05, 0) is 56.9 Å². The normalized spacial score (nSPS) is 36.7. The van der Waals surface area contributed by atoms with Gasteiger partial charge in [0.2, 0.25) is 5.91 Å². The fourth-order valence-electron chi connectivity index (χ4n) is 7.06. The van der Waals surface area contributed by atoms with Gasteiger partial charge < -0.3 is 24.8 Å². The van der Waals surface area contributed by atoms with Crippen molar-refractivity contribution >= 4 is 5.91 Å². The Hall–Kier alpha value is -0.850. The first-order valence-electron chi connectivity index (χ1n) is 15.0. The minimum absolute atomic E-state index is 0.00758. The topological polar surface area (TPSA) is 119 Å². The predicted molar refractivity (Wildman–Crippen MR) is 142 cm³/mol. The summed E-state index contributed by atoms with van der Waals surface area (Å²) in [5.74, 6) is 1.40. The van der Waals surface area contributed by atoms with Gasteiger partial charge in [-0.2, -0.15) is 0 Å². The van der Waals surface area contributed by atoms with E-state index in [-0.39, 0.29) is 24.2 Å². The molecule has 6 N–H and O–H groups in total. The van der Waals surface area contributed by atoms with Crippen molar-refractivity contribution in [2.75, 3.05) is 52.7 Å². The van der Waals surface area contributed by atoms with Crippen LogP contribution in [0, 0.1) is 11.8 Å². The number of β-amino-alcohol motifs (C(OH)–C–C–N with tert-alkyl or cyclic N) is 1. The molecule has 3 aliphatic heterocycles. The fraction of sp³-hybridized carbons (Fsp3) is 0.963. The lowest BCUT2D eigenvalue weighted by Gasteiger charge is -2.44. The minimum atomic E-state index is -0.543. The summed E-state index contributed by atoms with van der Waals surface area (Å²) in [5, 5.41) is 27.3. The fourth-order valence-corrected chi connectivity index (χ4v) is 7.06. The van der Waals surface area contributed by atoms with Crippen molar-refractivity contribution in [3.8, 4) is 0 Å². The molecule has 212 valence electrons. The predicted octanol–water partition coefficient (Wildman–Crippen LogP) is 0.0740. The van der Waals surface area contributed by atoms with Gasteiger partial charge in [0, 0.05) is 45.3 Å². The molecule has 5 fully saturated rings. The first-order valence-corrected chi connectivity index (χ1v) is 15.0. The van der Waals surface area contributed by atoms with E-state index >= 15 is 0 Å². The third kappa shape index (κ3) is 8.32. The molecule has 0 radical (unpaired) electrons. The van der Waals surface area contributed by atoms with Gasteiger partial charge in [0.15, 0.2) is 0 Å². The van der Waals surface area contributed by atoms with Crippen LogP contribution in [0.25, 0.3) is 0 Å². The number of carbonyl (C=O) groups excluding carboxylic acids is 1. The summed E-state index contributed by atoms with van der Waals surface area (Å²) in [5.41, 5.74) is 0. The van der Waals surface area contributed by atoms with E-state index in [2.05, 4.69) is 31.5 Å². The minimum Gasteiger partial charge on any atom is -0.390 e. The zero-order valence-corrected chi connectivity index (χ0v) is 22.5. The molecular formula is C27H50N6O4. The van der Waals surface area contributed by atoms with Crippen LogP contribution >= 0.6 is 0 Å². The van der Waals surface area contributed by atoms with Gasteiger partial charge in [0.1, 0.15) is 0 Å². The number of fused-ring (bicyclic) bond motifs is 1. The van der Waals surface area contributed by atoms with Crippen LogP contribution in [0.3, 0.4) is 0 Å². The highest BCUT2D eigenvalue weighted by Crippen LogP contribution is 2.37. The number of aliphatic hydroxyl groups excluding tert-OH is 1. The number of carbonyl (C=O) groups is 1. The molecule has 2 saturated carbocycles. The molecule has 2 aliphatic carbocycles. The van der Waals surface area contributed by atoms with Crippen LogP contribution in [-0.2, 0) is 14.3 Å². The van der Waals surface area contributed by atoms with Crippen LogP contribution in [0.5, 0.6) is 0 Å². The molecule has 10 nitrogen and oxygen atoms in total. The summed E-state index contributed by atoms with van der Waals surface area (Å²) < 4.78 is 11.8. The van der Waals surface area contributed by atoms with E-state index in [4.69, 9.17) is 9.47 Å². The quantitative estimate of drug-likeness (QED) is 0.237. The van der Waals surface area contributed by atoms with Crippen LogP contribution in [0.2, 0.25) is 0 Å². The Morgan fingerprint density at radius 2 is 1.97 bits per heavy atom. The number of amides is 1. The molecule has 0 aromatic heterocycles. The van der Waals surface area contributed by atoms with E-state index in [1.165, 1.54) is 44.9 Å². The largest absolute Gasteiger partial charge is 0.390 e. The van der Waals surface area contributed by atoms with Crippen molar-refractivity contribution in [3.63, 3.8) is 0 Å². The number of rotatable bonds is 10. The Balaban J connectivity index is 0.965. The zero-order chi connectivity index (χ0) is 25.5. The maximum absolute atomic E-state index is 12.8. The second-order valence-electron chi connectivity index (χ2n) is 12.1. The van der Waals surface area contributed by atoms with Crippen LogP contribution in [-0.4, -0.2) is 105 Å². The molecule has 3 heterocycles. The molecule has 7 atom stereocenters. The van der Waals surface area contributed by atoms with E-state index < -0.39 is 6.10 Å². The highest BCUT2D eigenvalue weighted by molar-refractivity contribution is 5.81.